The number of anilines is 2. The van der Waals surface area contributed by atoms with Crippen LogP contribution in [-0.2, 0) is 6.18 Å². The summed E-state index contributed by atoms with van der Waals surface area (Å²) in [4.78, 5) is 20.3. The molecule has 2 aromatic carbocycles. The van der Waals surface area contributed by atoms with E-state index >= 15 is 0 Å². The van der Waals surface area contributed by atoms with Crippen LogP contribution >= 0.6 is 11.6 Å². The number of ether oxygens (including phenoxy) is 1. The average Bonchev–Trinajstić information content (AvgIpc) is 2.84. The van der Waals surface area contributed by atoms with Gasteiger partial charge in [0.25, 0.3) is 0 Å². The maximum atomic E-state index is 13.0. The van der Waals surface area contributed by atoms with E-state index in [1.165, 1.54) is 55.0 Å². The summed E-state index contributed by atoms with van der Waals surface area (Å²) in [6.07, 6.45) is -0.459. The lowest BCUT2D eigenvalue weighted by molar-refractivity contribution is -0.137. The second-order valence-electron chi connectivity index (χ2n) is 7.05. The minimum absolute atomic E-state index is 0.0827. The molecule has 0 aliphatic heterocycles. The normalized spacial score (nSPS) is 11.7. The number of aromatic nitrogens is 1. The second kappa shape index (κ2) is 11.2. The molecule has 8 nitrogen and oxygen atoms in total. The molecule has 1 heterocycles. The van der Waals surface area contributed by atoms with Crippen LogP contribution in [0.3, 0.4) is 0 Å². The molecular weight excluding hydrogens is 497 g/mol. The van der Waals surface area contributed by atoms with Crippen LogP contribution in [-0.4, -0.2) is 24.3 Å². The van der Waals surface area contributed by atoms with Gasteiger partial charge in [-0.2, -0.15) is 18.4 Å². The SMILES string of the molecule is CN=CC(=CN)c1nccc(Oc2ccc(NC(=O)Nc3ccc(Cl)c(C(F)(F)F)c3)cc2)c1C#N. The monoisotopic (exact) mass is 514 g/mol. The van der Waals surface area contributed by atoms with Crippen LogP contribution in [0.2, 0.25) is 5.02 Å². The maximum Gasteiger partial charge on any atom is 0.417 e. The van der Waals surface area contributed by atoms with Gasteiger partial charge in [-0.25, -0.2) is 4.79 Å². The minimum atomic E-state index is -4.66. The van der Waals surface area contributed by atoms with E-state index in [1.54, 1.807) is 7.05 Å². The molecule has 3 rings (SSSR count). The van der Waals surface area contributed by atoms with E-state index in [0.717, 1.165) is 12.1 Å². The molecule has 0 spiro atoms. The lowest BCUT2D eigenvalue weighted by Crippen LogP contribution is -2.19. The molecule has 0 saturated carbocycles. The lowest BCUT2D eigenvalue weighted by Gasteiger charge is -2.13. The lowest BCUT2D eigenvalue weighted by atomic mass is 10.1. The quantitative estimate of drug-likeness (QED) is 0.345. The van der Waals surface area contributed by atoms with Crippen molar-refractivity contribution in [2.75, 3.05) is 17.7 Å². The Kier molecular flexibility index (Phi) is 8.14. The van der Waals surface area contributed by atoms with Gasteiger partial charge in [0.05, 0.1) is 16.3 Å². The molecule has 0 atom stereocenters. The van der Waals surface area contributed by atoms with Crippen LogP contribution in [0.1, 0.15) is 16.8 Å². The van der Waals surface area contributed by atoms with E-state index < -0.39 is 22.8 Å². The molecule has 0 unspecified atom stereocenters. The average molecular weight is 515 g/mol. The number of carbonyl (C=O) groups is 1. The maximum absolute atomic E-state index is 13.0. The summed E-state index contributed by atoms with van der Waals surface area (Å²) in [5.74, 6) is 0.581. The van der Waals surface area contributed by atoms with E-state index in [9.17, 15) is 23.2 Å². The Morgan fingerprint density at radius 3 is 2.44 bits per heavy atom. The number of urea groups is 1. The van der Waals surface area contributed by atoms with Crippen molar-refractivity contribution in [3.63, 3.8) is 0 Å². The molecule has 0 aliphatic carbocycles. The summed E-state index contributed by atoms with van der Waals surface area (Å²) in [5, 5.41) is 14.0. The zero-order valence-corrected chi connectivity index (χ0v) is 19.4. The molecule has 4 N–H and O–H groups in total. The van der Waals surface area contributed by atoms with Crippen molar-refractivity contribution < 1.29 is 22.7 Å². The van der Waals surface area contributed by atoms with E-state index in [4.69, 9.17) is 22.1 Å². The highest BCUT2D eigenvalue weighted by Crippen LogP contribution is 2.36. The van der Waals surface area contributed by atoms with Gasteiger partial charge in [0.2, 0.25) is 0 Å². The van der Waals surface area contributed by atoms with E-state index in [0.29, 0.717) is 22.7 Å². The number of nitriles is 1. The summed E-state index contributed by atoms with van der Waals surface area (Å²) >= 11 is 5.59. The predicted molar refractivity (Wildman–Crippen MR) is 131 cm³/mol. The first-order valence-electron chi connectivity index (χ1n) is 10.1. The molecule has 36 heavy (non-hydrogen) atoms. The van der Waals surface area contributed by atoms with Crippen LogP contribution in [0, 0.1) is 11.3 Å². The molecule has 1 aromatic heterocycles. The van der Waals surface area contributed by atoms with Gasteiger partial charge in [-0.3, -0.25) is 9.98 Å². The molecule has 0 bridgehead atoms. The largest absolute Gasteiger partial charge is 0.456 e. The third kappa shape index (κ3) is 6.31. The van der Waals surface area contributed by atoms with E-state index in [2.05, 4.69) is 20.6 Å². The molecule has 184 valence electrons. The number of hydrogen-bond donors (Lipinski definition) is 3. The van der Waals surface area contributed by atoms with Crippen molar-refractivity contribution in [1.29, 1.82) is 5.26 Å². The first-order chi connectivity index (χ1) is 17.2. The molecule has 3 aromatic rings. The van der Waals surface area contributed by atoms with Crippen molar-refractivity contribution in [3.05, 3.63) is 82.8 Å². The number of amides is 2. The Labute approximate surface area is 208 Å². The number of halogens is 4. The zero-order valence-electron chi connectivity index (χ0n) is 18.6. The smallest absolute Gasteiger partial charge is 0.417 e. The number of aliphatic imine (C=N–C) groups is 1. The van der Waals surface area contributed by atoms with Crippen molar-refractivity contribution in [1.82, 2.24) is 4.98 Å². The predicted octanol–water partition coefficient (Wildman–Crippen LogP) is 6.06. The van der Waals surface area contributed by atoms with Gasteiger partial charge in [-0.1, -0.05) is 11.6 Å². The number of nitrogens with zero attached hydrogens (tertiary/aromatic N) is 3. The molecule has 2 amide bonds. The topological polar surface area (TPSA) is 125 Å². The standard InChI is InChI=1S/C24H18ClF3N6O2/c1-31-13-14(11-29)22-18(12-30)21(8-9-32-22)36-17-5-2-15(3-6-17)33-23(35)34-16-4-7-20(25)19(10-16)24(26,27)28/h2-11,13H,29H2,1H3,(H2,33,34,35). The van der Waals surface area contributed by atoms with Crippen LogP contribution < -0.4 is 21.1 Å². The zero-order chi connectivity index (χ0) is 26.3. The molecule has 0 saturated heterocycles. The Morgan fingerprint density at radius 2 is 1.83 bits per heavy atom. The fourth-order valence-corrected chi connectivity index (χ4v) is 3.25. The number of carbonyl (C=O) groups excluding carboxylic acids is 1. The van der Waals surface area contributed by atoms with Crippen molar-refractivity contribution in [2.24, 2.45) is 10.7 Å². The Bertz CT molecular complexity index is 1370. The Hall–Kier alpha value is -4.56. The van der Waals surface area contributed by atoms with Crippen LogP contribution in [0.15, 0.2) is 65.9 Å². The number of rotatable bonds is 6. The number of hydrogen-bond acceptors (Lipinski definition) is 6. The van der Waals surface area contributed by atoms with Gasteiger partial charge in [0.15, 0.2) is 0 Å². The minimum Gasteiger partial charge on any atom is -0.456 e. The van der Waals surface area contributed by atoms with Crippen molar-refractivity contribution in [2.45, 2.75) is 6.18 Å². The fourth-order valence-electron chi connectivity index (χ4n) is 3.03. The van der Waals surface area contributed by atoms with Crippen molar-refractivity contribution >= 4 is 40.8 Å². The van der Waals surface area contributed by atoms with E-state index in [1.807, 2.05) is 6.07 Å². The van der Waals surface area contributed by atoms with Crippen LogP contribution in [0.25, 0.3) is 5.57 Å². The van der Waals surface area contributed by atoms with Crippen molar-refractivity contribution in [3.8, 4) is 17.6 Å². The number of nitrogens with one attached hydrogen (secondary N) is 2. The molecule has 0 aliphatic rings. The van der Waals surface area contributed by atoms with Gasteiger partial charge in [0.1, 0.15) is 23.1 Å². The summed E-state index contributed by atoms with van der Waals surface area (Å²) in [6.45, 7) is 0. The molecule has 12 heteroatoms. The fraction of sp³-hybridized carbons (Fsp3) is 0.0833. The highest BCUT2D eigenvalue weighted by Gasteiger charge is 2.33. The Balaban J connectivity index is 1.71. The first kappa shape index (κ1) is 26.1. The first-order valence-corrected chi connectivity index (χ1v) is 10.5. The van der Waals surface area contributed by atoms with Crippen LogP contribution in [0.5, 0.6) is 11.5 Å². The summed E-state index contributed by atoms with van der Waals surface area (Å²) in [7, 11) is 1.56. The molecular formula is C24H18ClF3N6O2. The Morgan fingerprint density at radius 1 is 1.17 bits per heavy atom. The number of nitrogens with two attached hydrogens (primary N) is 1. The van der Waals surface area contributed by atoms with E-state index in [-0.39, 0.29) is 17.0 Å². The summed E-state index contributed by atoms with van der Waals surface area (Å²) in [6, 6.07) is 11.9. The molecule has 0 radical (unpaired) electrons. The van der Waals surface area contributed by atoms with Gasteiger partial charge >= 0.3 is 12.2 Å². The van der Waals surface area contributed by atoms with Gasteiger partial charge in [-0.15, -0.1) is 0 Å². The van der Waals surface area contributed by atoms with Gasteiger partial charge < -0.3 is 21.1 Å². The summed E-state index contributed by atoms with van der Waals surface area (Å²) < 4.78 is 44.8. The third-order valence-corrected chi connectivity index (χ3v) is 4.94. The number of alkyl halides is 3. The second-order valence-corrected chi connectivity index (χ2v) is 7.46. The van der Waals surface area contributed by atoms with Gasteiger partial charge in [-0.05, 0) is 42.5 Å². The molecule has 0 fully saturated rings. The third-order valence-electron chi connectivity index (χ3n) is 4.62. The summed E-state index contributed by atoms with van der Waals surface area (Å²) in [5.41, 5.74) is 5.70. The highest BCUT2D eigenvalue weighted by atomic mass is 35.5. The van der Waals surface area contributed by atoms with Crippen LogP contribution in [0.4, 0.5) is 29.3 Å². The highest BCUT2D eigenvalue weighted by molar-refractivity contribution is 6.31. The number of pyridine rings is 1. The number of allylic oxidation sites excluding steroid dienone is 1. The number of benzene rings is 2. The van der Waals surface area contributed by atoms with Gasteiger partial charge in [0, 0.05) is 48.7 Å².